The molecule has 0 aliphatic rings. The van der Waals surface area contributed by atoms with Crippen molar-refractivity contribution in [2.75, 3.05) is 7.11 Å². The van der Waals surface area contributed by atoms with Crippen molar-refractivity contribution in [3.8, 4) is 5.75 Å². The summed E-state index contributed by atoms with van der Waals surface area (Å²) in [6.07, 6.45) is 0.306. The number of amides is 2. The normalized spacial score (nSPS) is 11.6. The molecule has 0 aromatic heterocycles. The molecular formula is C17H16Br2N2O3. The topological polar surface area (TPSA) is 81.4 Å². The van der Waals surface area contributed by atoms with Gasteiger partial charge in [-0.3, -0.25) is 9.59 Å². The molecule has 7 heteroatoms. The van der Waals surface area contributed by atoms with Crippen LogP contribution in [0.25, 0.3) is 0 Å². The lowest BCUT2D eigenvalue weighted by molar-refractivity contribution is -0.119. The summed E-state index contributed by atoms with van der Waals surface area (Å²) >= 11 is 6.66. The molecule has 0 aliphatic carbocycles. The molecule has 0 fully saturated rings. The molecule has 0 saturated heterocycles. The number of rotatable bonds is 6. The average molecular weight is 456 g/mol. The van der Waals surface area contributed by atoms with Crippen LogP contribution in [0.2, 0.25) is 0 Å². The fourth-order valence-electron chi connectivity index (χ4n) is 2.15. The Labute approximate surface area is 156 Å². The van der Waals surface area contributed by atoms with Crippen molar-refractivity contribution < 1.29 is 14.3 Å². The lowest BCUT2D eigenvalue weighted by Crippen LogP contribution is -2.45. The minimum Gasteiger partial charge on any atom is -0.497 e. The number of hydrogen-bond donors (Lipinski definition) is 2. The Morgan fingerprint density at radius 1 is 1.12 bits per heavy atom. The highest BCUT2D eigenvalue weighted by molar-refractivity contribution is 9.11. The molecule has 0 bridgehead atoms. The van der Waals surface area contributed by atoms with Gasteiger partial charge in [-0.05, 0) is 35.9 Å². The molecule has 0 saturated carbocycles. The van der Waals surface area contributed by atoms with Crippen LogP contribution >= 0.6 is 31.9 Å². The summed E-state index contributed by atoms with van der Waals surface area (Å²) in [7, 11) is 1.58. The Morgan fingerprint density at radius 3 is 2.21 bits per heavy atom. The summed E-state index contributed by atoms with van der Waals surface area (Å²) in [5, 5.41) is 2.68. The van der Waals surface area contributed by atoms with Crippen LogP contribution < -0.4 is 15.8 Å². The van der Waals surface area contributed by atoms with Crippen molar-refractivity contribution in [2.24, 2.45) is 5.73 Å². The molecule has 126 valence electrons. The quantitative estimate of drug-likeness (QED) is 0.702. The van der Waals surface area contributed by atoms with Crippen molar-refractivity contribution in [1.29, 1.82) is 0 Å². The number of halogens is 2. The zero-order chi connectivity index (χ0) is 17.7. The summed E-state index contributed by atoms with van der Waals surface area (Å²) in [5.41, 5.74) is 6.73. The standard InChI is InChI=1S/C17H16Br2N2O3/c1-24-14-4-2-10(3-5-14)6-15(16(20)22)21-17(23)11-7-12(18)9-13(19)8-11/h2-5,7-9,15H,6H2,1H3,(H2,20,22)(H,21,23)/t15-/m0/s1. The third kappa shape index (κ3) is 5.07. The first-order valence-electron chi connectivity index (χ1n) is 7.08. The van der Waals surface area contributed by atoms with Gasteiger partial charge in [0.25, 0.3) is 5.91 Å². The van der Waals surface area contributed by atoms with Crippen LogP contribution in [0.1, 0.15) is 15.9 Å². The van der Waals surface area contributed by atoms with E-state index < -0.39 is 11.9 Å². The minimum absolute atomic E-state index is 0.306. The summed E-state index contributed by atoms with van der Waals surface area (Å²) in [6.45, 7) is 0. The number of primary amides is 1. The van der Waals surface area contributed by atoms with Gasteiger partial charge < -0.3 is 15.8 Å². The van der Waals surface area contributed by atoms with E-state index in [1.165, 1.54) is 0 Å². The Bertz CT molecular complexity index is 728. The molecule has 2 amide bonds. The SMILES string of the molecule is COc1ccc(C[C@H](NC(=O)c2cc(Br)cc(Br)c2)C(N)=O)cc1. The van der Waals surface area contributed by atoms with Crippen molar-refractivity contribution in [2.45, 2.75) is 12.5 Å². The lowest BCUT2D eigenvalue weighted by Gasteiger charge is -2.16. The third-order valence-corrected chi connectivity index (χ3v) is 4.29. The molecule has 2 aromatic carbocycles. The maximum atomic E-state index is 12.4. The van der Waals surface area contributed by atoms with E-state index in [2.05, 4.69) is 37.2 Å². The van der Waals surface area contributed by atoms with Crippen LogP contribution in [0.5, 0.6) is 5.75 Å². The first kappa shape index (κ1) is 18.5. The number of carbonyl (C=O) groups excluding carboxylic acids is 2. The summed E-state index contributed by atoms with van der Waals surface area (Å²) < 4.78 is 6.61. The van der Waals surface area contributed by atoms with E-state index in [0.29, 0.717) is 12.0 Å². The molecule has 5 nitrogen and oxygen atoms in total. The zero-order valence-corrected chi connectivity index (χ0v) is 16.1. The summed E-state index contributed by atoms with van der Waals surface area (Å²) in [4.78, 5) is 24.1. The van der Waals surface area contributed by atoms with E-state index in [1.54, 1.807) is 31.4 Å². The van der Waals surface area contributed by atoms with Gasteiger partial charge in [0.2, 0.25) is 5.91 Å². The molecule has 0 heterocycles. The number of carbonyl (C=O) groups is 2. The first-order valence-corrected chi connectivity index (χ1v) is 8.67. The van der Waals surface area contributed by atoms with Crippen LogP contribution in [0.3, 0.4) is 0 Å². The summed E-state index contributed by atoms with van der Waals surface area (Å²) in [6, 6.07) is 11.6. The Kier molecular flexibility index (Phi) is 6.39. The van der Waals surface area contributed by atoms with Crippen molar-refractivity contribution in [1.82, 2.24) is 5.32 Å². The monoisotopic (exact) mass is 454 g/mol. The van der Waals surface area contributed by atoms with Gasteiger partial charge in [0, 0.05) is 20.9 Å². The van der Waals surface area contributed by atoms with E-state index in [0.717, 1.165) is 20.3 Å². The van der Waals surface area contributed by atoms with Gasteiger partial charge >= 0.3 is 0 Å². The highest BCUT2D eigenvalue weighted by Gasteiger charge is 2.20. The lowest BCUT2D eigenvalue weighted by atomic mass is 10.0. The maximum absolute atomic E-state index is 12.4. The van der Waals surface area contributed by atoms with Crippen LogP contribution in [0.4, 0.5) is 0 Å². The molecule has 2 aromatic rings. The second-order valence-corrected chi connectivity index (χ2v) is 6.97. The van der Waals surface area contributed by atoms with E-state index >= 15 is 0 Å². The average Bonchev–Trinajstić information content (AvgIpc) is 2.53. The Balaban J connectivity index is 2.12. The molecule has 0 unspecified atom stereocenters. The molecule has 3 N–H and O–H groups in total. The fourth-order valence-corrected chi connectivity index (χ4v) is 3.44. The fraction of sp³-hybridized carbons (Fsp3) is 0.176. The van der Waals surface area contributed by atoms with E-state index in [1.807, 2.05) is 18.2 Å². The van der Waals surface area contributed by atoms with Crippen molar-refractivity contribution in [3.05, 3.63) is 62.5 Å². The second-order valence-electron chi connectivity index (χ2n) is 5.14. The predicted octanol–water partition coefficient (Wildman–Crippen LogP) is 3.05. The Morgan fingerprint density at radius 2 is 1.71 bits per heavy atom. The number of hydrogen-bond acceptors (Lipinski definition) is 3. The number of nitrogens with one attached hydrogen (secondary N) is 1. The zero-order valence-electron chi connectivity index (χ0n) is 12.9. The van der Waals surface area contributed by atoms with E-state index in [-0.39, 0.29) is 5.91 Å². The molecule has 24 heavy (non-hydrogen) atoms. The second kappa shape index (κ2) is 8.30. The van der Waals surface area contributed by atoms with Gasteiger partial charge in [-0.25, -0.2) is 0 Å². The number of ether oxygens (including phenoxy) is 1. The smallest absolute Gasteiger partial charge is 0.252 e. The molecular weight excluding hydrogens is 440 g/mol. The molecule has 0 radical (unpaired) electrons. The maximum Gasteiger partial charge on any atom is 0.252 e. The van der Waals surface area contributed by atoms with Crippen molar-refractivity contribution >= 4 is 43.7 Å². The highest BCUT2D eigenvalue weighted by Crippen LogP contribution is 2.20. The van der Waals surface area contributed by atoms with Gasteiger partial charge in [-0.15, -0.1) is 0 Å². The Hall–Kier alpha value is -1.86. The largest absolute Gasteiger partial charge is 0.497 e. The summed E-state index contributed by atoms with van der Waals surface area (Å²) in [5.74, 6) is -0.236. The molecule has 1 atom stereocenters. The minimum atomic E-state index is -0.802. The predicted molar refractivity (Wildman–Crippen MR) is 99.0 cm³/mol. The van der Waals surface area contributed by atoms with E-state index in [4.69, 9.17) is 10.5 Å². The van der Waals surface area contributed by atoms with Gasteiger partial charge in [0.05, 0.1) is 7.11 Å². The third-order valence-electron chi connectivity index (χ3n) is 3.37. The van der Waals surface area contributed by atoms with E-state index in [9.17, 15) is 9.59 Å². The number of benzene rings is 2. The molecule has 2 rings (SSSR count). The van der Waals surface area contributed by atoms with Crippen LogP contribution in [0.15, 0.2) is 51.4 Å². The van der Waals surface area contributed by atoms with Crippen LogP contribution in [-0.2, 0) is 11.2 Å². The highest BCUT2D eigenvalue weighted by atomic mass is 79.9. The van der Waals surface area contributed by atoms with Gasteiger partial charge in [-0.2, -0.15) is 0 Å². The van der Waals surface area contributed by atoms with Gasteiger partial charge in [0.1, 0.15) is 11.8 Å². The van der Waals surface area contributed by atoms with Crippen LogP contribution in [-0.4, -0.2) is 25.0 Å². The number of methoxy groups -OCH3 is 1. The van der Waals surface area contributed by atoms with Crippen LogP contribution in [0, 0.1) is 0 Å². The first-order chi connectivity index (χ1) is 11.4. The van der Waals surface area contributed by atoms with Gasteiger partial charge in [-0.1, -0.05) is 44.0 Å². The molecule has 0 spiro atoms. The molecule has 0 aliphatic heterocycles. The van der Waals surface area contributed by atoms with Crippen molar-refractivity contribution in [3.63, 3.8) is 0 Å². The van der Waals surface area contributed by atoms with Gasteiger partial charge in [0.15, 0.2) is 0 Å². The number of nitrogens with two attached hydrogens (primary N) is 1.